The second kappa shape index (κ2) is 7.56. The van der Waals surface area contributed by atoms with Gasteiger partial charge in [-0.05, 0) is 0 Å². The van der Waals surface area contributed by atoms with Crippen molar-refractivity contribution in [1.29, 1.82) is 0 Å². The van der Waals surface area contributed by atoms with Gasteiger partial charge in [-0.25, -0.2) is 0 Å². The first kappa shape index (κ1) is 8.56. The van der Waals surface area contributed by atoms with Gasteiger partial charge in [0.2, 0.25) is 0 Å². The van der Waals surface area contributed by atoms with Crippen molar-refractivity contribution >= 4 is 42.3 Å². The Kier molecular flexibility index (Phi) is 9.24. The number of hydrogen-bond acceptors (Lipinski definition) is 0. The van der Waals surface area contributed by atoms with Crippen molar-refractivity contribution in [3.63, 3.8) is 0 Å². The van der Waals surface area contributed by atoms with E-state index in [4.69, 9.17) is 0 Å². The van der Waals surface area contributed by atoms with E-state index < -0.39 is 0 Å². The van der Waals surface area contributed by atoms with Gasteiger partial charge in [0, 0.05) is 0 Å². The summed E-state index contributed by atoms with van der Waals surface area (Å²) in [6.45, 7) is 2.28. The molecule has 7 heavy (non-hydrogen) atoms. The Balaban J connectivity index is 2.45. The fraction of sp³-hybridized carbons (Fsp3) is 1.00. The van der Waals surface area contributed by atoms with E-state index in [0.717, 1.165) is 26.3 Å². The quantitative estimate of drug-likeness (QED) is 0.530. The molecule has 0 aromatic rings. The molecule has 0 amide bonds. The van der Waals surface area contributed by atoms with E-state index in [2.05, 4.69) is 22.9 Å². The monoisotopic (exact) mass is 297 g/mol. The number of rotatable bonds is 4. The zero-order valence-electron chi connectivity index (χ0n) is 4.35. The fourth-order valence-corrected chi connectivity index (χ4v) is 8.61. The summed E-state index contributed by atoms with van der Waals surface area (Å²) in [5.74, 6) is 0. The molecule has 0 aromatic heterocycles. The molecule has 0 unspecified atom stereocenters. The molecule has 0 nitrogen and oxygen atoms in total. The molecule has 0 aliphatic heterocycles. The molecule has 43 valence electrons. The maximum atomic E-state index is 3.03. The van der Waals surface area contributed by atoms with Crippen molar-refractivity contribution < 1.29 is 0 Å². The molecule has 0 aliphatic rings. The summed E-state index contributed by atoms with van der Waals surface area (Å²) in [4.78, 5) is 0. The molecule has 0 fully saturated rings. The average Bonchev–Trinajstić information content (AvgIpc) is 1.69. The molecule has 0 rings (SSSR count). The van der Waals surface area contributed by atoms with Gasteiger partial charge < -0.3 is 0 Å². The first-order valence-electron chi connectivity index (χ1n) is 2.24. The standard InChI is InChI=1S/C4H9Se3/c1-2-6-7-4-3-5/h2-4H2,1H3. The van der Waals surface area contributed by atoms with Crippen LogP contribution in [0.4, 0.5) is 0 Å². The summed E-state index contributed by atoms with van der Waals surface area (Å²) >= 11 is 5.04. The topological polar surface area (TPSA) is 0 Å². The molecule has 0 saturated carbocycles. The molecule has 0 heterocycles. The third kappa shape index (κ3) is 7.56. The summed E-state index contributed by atoms with van der Waals surface area (Å²) in [6, 6.07) is 0. The van der Waals surface area contributed by atoms with Crippen LogP contribution < -0.4 is 0 Å². The van der Waals surface area contributed by atoms with E-state index in [9.17, 15) is 0 Å². The molecule has 0 bridgehead atoms. The van der Waals surface area contributed by atoms with Crippen LogP contribution in [0.25, 0.3) is 0 Å². The normalized spacial score (nSPS) is 9.43. The molecular weight excluding hydrogens is 285 g/mol. The van der Waals surface area contributed by atoms with Crippen molar-refractivity contribution in [3.8, 4) is 0 Å². The van der Waals surface area contributed by atoms with E-state index in [1.165, 1.54) is 16.0 Å². The molecule has 3 heteroatoms. The molecule has 0 atom stereocenters. The van der Waals surface area contributed by atoms with Crippen LogP contribution in [0.3, 0.4) is 0 Å². The van der Waals surface area contributed by atoms with Gasteiger partial charge in [0.05, 0.1) is 0 Å². The SMILES string of the molecule is CC[Se][Se]CC[Se]. The van der Waals surface area contributed by atoms with Gasteiger partial charge in [0.1, 0.15) is 0 Å². The zero-order chi connectivity index (χ0) is 5.54. The summed E-state index contributed by atoms with van der Waals surface area (Å²) < 4.78 is 0. The van der Waals surface area contributed by atoms with Crippen molar-refractivity contribution in [3.05, 3.63) is 0 Å². The molecule has 0 saturated heterocycles. The molecule has 0 aliphatic carbocycles. The molecule has 0 aromatic carbocycles. The van der Waals surface area contributed by atoms with Gasteiger partial charge in [-0.1, -0.05) is 0 Å². The second-order valence-corrected chi connectivity index (χ2v) is 9.99. The van der Waals surface area contributed by atoms with Crippen LogP contribution in [-0.4, -0.2) is 42.3 Å². The summed E-state index contributed by atoms with van der Waals surface area (Å²) in [5, 5.41) is 4.18. The van der Waals surface area contributed by atoms with Crippen molar-refractivity contribution in [2.45, 2.75) is 22.9 Å². The Labute approximate surface area is 64.9 Å². The molecule has 0 spiro atoms. The van der Waals surface area contributed by atoms with E-state index in [-0.39, 0.29) is 0 Å². The zero-order valence-corrected chi connectivity index (χ0v) is 9.49. The van der Waals surface area contributed by atoms with Crippen molar-refractivity contribution in [2.75, 3.05) is 0 Å². The molecule has 1 radical (unpaired) electrons. The molecule has 0 N–H and O–H groups in total. The number of hydrogen-bond donors (Lipinski definition) is 0. The van der Waals surface area contributed by atoms with Crippen LogP contribution in [0.5, 0.6) is 0 Å². The van der Waals surface area contributed by atoms with Crippen LogP contribution >= 0.6 is 0 Å². The average molecular weight is 294 g/mol. The van der Waals surface area contributed by atoms with E-state index >= 15 is 0 Å². The van der Waals surface area contributed by atoms with E-state index in [1.807, 2.05) is 0 Å². The summed E-state index contributed by atoms with van der Waals surface area (Å²) in [6.07, 6.45) is 0. The Hall–Kier alpha value is 1.56. The first-order valence-corrected chi connectivity index (χ1v) is 10.2. The third-order valence-electron chi connectivity index (χ3n) is 0.368. The van der Waals surface area contributed by atoms with Crippen LogP contribution in [-0.2, 0) is 0 Å². The van der Waals surface area contributed by atoms with Crippen LogP contribution in [0.2, 0.25) is 16.0 Å². The van der Waals surface area contributed by atoms with Gasteiger partial charge in [0.25, 0.3) is 0 Å². The maximum absolute atomic E-state index is 3.03. The van der Waals surface area contributed by atoms with E-state index in [0.29, 0.717) is 0 Å². The summed E-state index contributed by atoms with van der Waals surface area (Å²) in [7, 11) is 0. The first-order chi connectivity index (χ1) is 3.41. The van der Waals surface area contributed by atoms with Crippen LogP contribution in [0.15, 0.2) is 0 Å². The van der Waals surface area contributed by atoms with E-state index in [1.54, 1.807) is 0 Å². The minimum absolute atomic E-state index is 1.01. The Morgan fingerprint density at radius 2 is 2.14 bits per heavy atom. The summed E-state index contributed by atoms with van der Waals surface area (Å²) in [5.41, 5.74) is 0. The fourth-order valence-electron chi connectivity index (χ4n) is 0.176. The second-order valence-electron chi connectivity index (χ2n) is 0.933. The predicted octanol–water partition coefficient (Wildman–Crippen LogP) is 0.753. The Bertz CT molecular complexity index is 26.1. The van der Waals surface area contributed by atoms with Crippen LogP contribution in [0, 0.1) is 0 Å². The minimum atomic E-state index is 1.01. The van der Waals surface area contributed by atoms with Gasteiger partial charge in [-0.3, -0.25) is 0 Å². The van der Waals surface area contributed by atoms with Gasteiger partial charge >= 0.3 is 65.2 Å². The Morgan fingerprint density at radius 3 is 2.57 bits per heavy atom. The van der Waals surface area contributed by atoms with Gasteiger partial charge in [-0.2, -0.15) is 0 Å². The van der Waals surface area contributed by atoms with Crippen molar-refractivity contribution in [2.24, 2.45) is 0 Å². The molecular formula is C4H9Se3. The predicted molar refractivity (Wildman–Crippen MR) is 37.4 cm³/mol. The van der Waals surface area contributed by atoms with Crippen LogP contribution in [0.1, 0.15) is 6.92 Å². The van der Waals surface area contributed by atoms with Gasteiger partial charge in [-0.15, -0.1) is 0 Å². The third-order valence-corrected chi connectivity index (χ3v) is 9.93. The van der Waals surface area contributed by atoms with Gasteiger partial charge in [0.15, 0.2) is 0 Å². The van der Waals surface area contributed by atoms with Crippen molar-refractivity contribution in [1.82, 2.24) is 0 Å². The Morgan fingerprint density at radius 1 is 1.43 bits per heavy atom.